The van der Waals surface area contributed by atoms with Crippen LogP contribution in [0.5, 0.6) is 0 Å². The lowest BCUT2D eigenvalue weighted by molar-refractivity contribution is 1.16. The summed E-state index contributed by atoms with van der Waals surface area (Å²) in [6.07, 6.45) is 1.86. The fourth-order valence-corrected chi connectivity index (χ4v) is 2.01. The van der Waals surface area contributed by atoms with E-state index in [-0.39, 0.29) is 0 Å². The van der Waals surface area contributed by atoms with E-state index in [4.69, 9.17) is 0 Å². The minimum atomic E-state index is 0.799. The Balaban J connectivity index is 1.87. The smallest absolute Gasteiger partial charge is 0.0705 e. The zero-order valence-corrected chi connectivity index (χ0v) is 9.93. The molecule has 1 radical (unpaired) electrons. The van der Waals surface area contributed by atoms with Gasteiger partial charge in [0.05, 0.1) is 5.52 Å². The Hall–Kier alpha value is -2.35. The maximum absolute atomic E-state index is 4.36. The number of benzene rings is 2. The Morgan fingerprint density at radius 2 is 1.83 bits per heavy atom. The summed E-state index contributed by atoms with van der Waals surface area (Å²) < 4.78 is 0. The molecule has 0 amide bonds. The molecule has 87 valence electrons. The lowest BCUT2D eigenvalue weighted by Crippen LogP contribution is -2.00. The number of pyridine rings is 1. The molecule has 0 saturated heterocycles. The first-order valence-electron chi connectivity index (χ1n) is 5.96. The van der Waals surface area contributed by atoms with Crippen molar-refractivity contribution in [2.24, 2.45) is 0 Å². The van der Waals surface area contributed by atoms with Crippen LogP contribution in [0.15, 0.2) is 60.8 Å². The SMILES string of the molecule is [c]1ccc(NCc2ccnc3ccccc23)cc1. The monoisotopic (exact) mass is 233 g/mol. The molecule has 1 N–H and O–H groups in total. The first kappa shape index (κ1) is 10.8. The van der Waals surface area contributed by atoms with E-state index in [1.807, 2.05) is 48.7 Å². The highest BCUT2D eigenvalue weighted by Crippen LogP contribution is 2.17. The number of nitrogens with zero attached hydrogens (tertiary/aromatic N) is 1. The van der Waals surface area contributed by atoms with Gasteiger partial charge in [-0.15, -0.1) is 0 Å². The highest BCUT2D eigenvalue weighted by molar-refractivity contribution is 5.82. The molecule has 2 nitrogen and oxygen atoms in total. The number of fused-ring (bicyclic) bond motifs is 1. The van der Waals surface area contributed by atoms with Gasteiger partial charge in [-0.3, -0.25) is 4.98 Å². The van der Waals surface area contributed by atoms with Gasteiger partial charge in [0, 0.05) is 23.8 Å². The van der Waals surface area contributed by atoms with E-state index < -0.39 is 0 Å². The standard InChI is InChI=1S/C16H13N2/c1-2-6-14(7-3-1)18-12-13-10-11-17-16-9-5-4-8-15(13)16/h2-11,18H,12H2. The van der Waals surface area contributed by atoms with Crippen LogP contribution in [-0.4, -0.2) is 4.98 Å². The second kappa shape index (κ2) is 4.88. The summed E-state index contributed by atoms with van der Waals surface area (Å²) in [5.74, 6) is 0. The summed E-state index contributed by atoms with van der Waals surface area (Å²) in [6.45, 7) is 0.799. The number of hydrogen-bond donors (Lipinski definition) is 1. The van der Waals surface area contributed by atoms with E-state index in [0.29, 0.717) is 0 Å². The fraction of sp³-hybridized carbons (Fsp3) is 0.0625. The normalized spacial score (nSPS) is 10.4. The van der Waals surface area contributed by atoms with Crippen molar-refractivity contribution in [2.45, 2.75) is 6.54 Å². The quantitative estimate of drug-likeness (QED) is 0.747. The van der Waals surface area contributed by atoms with Crippen molar-refractivity contribution in [3.05, 3.63) is 72.4 Å². The largest absolute Gasteiger partial charge is 0.381 e. The third kappa shape index (κ3) is 2.18. The van der Waals surface area contributed by atoms with E-state index >= 15 is 0 Å². The first-order chi connectivity index (χ1) is 8.93. The third-order valence-corrected chi connectivity index (χ3v) is 2.94. The lowest BCUT2D eigenvalue weighted by Gasteiger charge is -2.08. The molecule has 0 saturated carbocycles. The maximum atomic E-state index is 4.36. The lowest BCUT2D eigenvalue weighted by atomic mass is 10.1. The zero-order chi connectivity index (χ0) is 12.2. The molecular formula is C16H13N2. The van der Waals surface area contributed by atoms with Gasteiger partial charge in [-0.25, -0.2) is 0 Å². The molecule has 0 spiro atoms. The summed E-state index contributed by atoms with van der Waals surface area (Å²) in [4.78, 5) is 4.36. The molecule has 3 aromatic rings. The minimum absolute atomic E-state index is 0.799. The number of aromatic nitrogens is 1. The summed E-state index contributed by atoms with van der Waals surface area (Å²) in [5.41, 5.74) is 3.40. The van der Waals surface area contributed by atoms with Crippen LogP contribution >= 0.6 is 0 Å². The average Bonchev–Trinajstić information content (AvgIpc) is 2.46. The van der Waals surface area contributed by atoms with E-state index in [0.717, 1.165) is 17.7 Å². The Kier molecular flexibility index (Phi) is 2.92. The number of hydrogen-bond acceptors (Lipinski definition) is 2. The molecule has 3 rings (SSSR count). The highest BCUT2D eigenvalue weighted by Gasteiger charge is 2.00. The Labute approximate surface area is 106 Å². The Bertz CT molecular complexity index is 642. The van der Waals surface area contributed by atoms with E-state index in [1.54, 1.807) is 0 Å². The molecule has 1 aromatic heterocycles. The summed E-state index contributed by atoms with van der Waals surface area (Å²) in [5, 5.41) is 4.61. The minimum Gasteiger partial charge on any atom is -0.381 e. The number of nitrogens with one attached hydrogen (secondary N) is 1. The summed E-state index contributed by atoms with van der Waals surface area (Å²) in [6, 6.07) is 21.1. The maximum Gasteiger partial charge on any atom is 0.0705 e. The molecule has 0 unspecified atom stereocenters. The van der Waals surface area contributed by atoms with Gasteiger partial charge < -0.3 is 5.32 Å². The molecule has 2 aromatic carbocycles. The molecule has 0 aliphatic rings. The van der Waals surface area contributed by atoms with Gasteiger partial charge in [-0.1, -0.05) is 30.3 Å². The first-order valence-corrected chi connectivity index (χ1v) is 5.96. The highest BCUT2D eigenvalue weighted by atomic mass is 14.9. The van der Waals surface area contributed by atoms with Crippen LogP contribution in [-0.2, 0) is 6.54 Å². The Morgan fingerprint density at radius 1 is 1.00 bits per heavy atom. The van der Waals surface area contributed by atoms with Crippen molar-refractivity contribution in [3.63, 3.8) is 0 Å². The van der Waals surface area contributed by atoms with Crippen molar-refractivity contribution in [1.29, 1.82) is 0 Å². The van der Waals surface area contributed by atoms with Gasteiger partial charge in [0.1, 0.15) is 0 Å². The molecule has 2 heteroatoms. The van der Waals surface area contributed by atoms with Crippen molar-refractivity contribution in [2.75, 3.05) is 5.32 Å². The second-order valence-corrected chi connectivity index (χ2v) is 4.13. The number of para-hydroxylation sites is 1. The predicted octanol–water partition coefficient (Wildman–Crippen LogP) is 3.65. The van der Waals surface area contributed by atoms with Crippen molar-refractivity contribution >= 4 is 16.6 Å². The van der Waals surface area contributed by atoms with Gasteiger partial charge in [0.15, 0.2) is 0 Å². The molecule has 0 aliphatic carbocycles. The van der Waals surface area contributed by atoms with Gasteiger partial charge in [0.25, 0.3) is 0 Å². The van der Waals surface area contributed by atoms with E-state index in [1.165, 1.54) is 10.9 Å². The van der Waals surface area contributed by atoms with E-state index in [2.05, 4.69) is 28.5 Å². The summed E-state index contributed by atoms with van der Waals surface area (Å²) in [7, 11) is 0. The number of rotatable bonds is 3. The molecule has 18 heavy (non-hydrogen) atoms. The van der Waals surface area contributed by atoms with E-state index in [9.17, 15) is 0 Å². The van der Waals surface area contributed by atoms with Crippen LogP contribution in [0.2, 0.25) is 0 Å². The van der Waals surface area contributed by atoms with Crippen molar-refractivity contribution in [3.8, 4) is 0 Å². The zero-order valence-electron chi connectivity index (χ0n) is 9.93. The Morgan fingerprint density at radius 3 is 2.72 bits per heavy atom. The second-order valence-electron chi connectivity index (χ2n) is 4.13. The van der Waals surface area contributed by atoms with Gasteiger partial charge >= 0.3 is 0 Å². The summed E-state index contributed by atoms with van der Waals surface area (Å²) >= 11 is 0. The molecule has 0 aliphatic heterocycles. The van der Waals surface area contributed by atoms with Gasteiger partial charge in [0.2, 0.25) is 0 Å². The van der Waals surface area contributed by atoms with Crippen LogP contribution in [0.1, 0.15) is 5.56 Å². The molecular weight excluding hydrogens is 220 g/mol. The van der Waals surface area contributed by atoms with Crippen molar-refractivity contribution in [1.82, 2.24) is 4.98 Å². The third-order valence-electron chi connectivity index (χ3n) is 2.94. The van der Waals surface area contributed by atoms with Crippen LogP contribution in [0.25, 0.3) is 10.9 Å². The van der Waals surface area contributed by atoms with Crippen LogP contribution in [0.3, 0.4) is 0 Å². The van der Waals surface area contributed by atoms with Gasteiger partial charge in [-0.2, -0.15) is 0 Å². The van der Waals surface area contributed by atoms with Crippen LogP contribution in [0.4, 0.5) is 5.69 Å². The van der Waals surface area contributed by atoms with Crippen molar-refractivity contribution < 1.29 is 0 Å². The topological polar surface area (TPSA) is 24.9 Å². The molecule has 1 heterocycles. The van der Waals surface area contributed by atoms with Gasteiger partial charge in [-0.05, 0) is 35.9 Å². The molecule has 0 fully saturated rings. The average molecular weight is 233 g/mol. The fourth-order valence-electron chi connectivity index (χ4n) is 2.01. The van der Waals surface area contributed by atoms with Crippen LogP contribution in [0, 0.1) is 6.07 Å². The molecule has 0 atom stereocenters. The number of anilines is 1. The molecule has 0 bridgehead atoms. The predicted molar refractivity (Wildman–Crippen MR) is 74.3 cm³/mol. The van der Waals surface area contributed by atoms with Crippen LogP contribution < -0.4 is 5.32 Å².